The molecule has 0 saturated heterocycles. The summed E-state index contributed by atoms with van der Waals surface area (Å²) >= 11 is 5.00. The zero-order valence-corrected chi connectivity index (χ0v) is 9.35. The summed E-state index contributed by atoms with van der Waals surface area (Å²) in [5.41, 5.74) is 0.201. The number of hydrogen-bond donors (Lipinski definition) is 1. The molecule has 0 fully saturated rings. The molecule has 0 aliphatic carbocycles. The third-order valence-electron chi connectivity index (χ3n) is 2.66. The molecule has 5 heteroatoms. The second-order valence-corrected chi connectivity index (χ2v) is 4.68. The van der Waals surface area contributed by atoms with Crippen molar-refractivity contribution in [3.05, 3.63) is 4.77 Å². The first kappa shape index (κ1) is 10.4. The van der Waals surface area contributed by atoms with Crippen molar-refractivity contribution in [1.29, 1.82) is 0 Å². The fourth-order valence-electron chi connectivity index (χ4n) is 0.909. The van der Waals surface area contributed by atoms with Gasteiger partial charge in [-0.15, -0.1) is 0 Å². The van der Waals surface area contributed by atoms with E-state index in [1.165, 1.54) is 0 Å². The predicted octanol–water partition coefficient (Wildman–Crippen LogP) is 2.02. The number of nitrogens with one attached hydrogen (secondary N) is 1. The van der Waals surface area contributed by atoms with E-state index >= 15 is 0 Å². The zero-order valence-electron chi connectivity index (χ0n) is 8.53. The normalized spacial score (nSPS) is 12.4. The number of nitrogens with zero attached hydrogens (tertiary/aromatic N) is 3. The molecule has 0 saturated carbocycles. The molecule has 0 radical (unpaired) electrons. The third kappa shape index (κ3) is 2.37. The van der Waals surface area contributed by atoms with Crippen LogP contribution in [0.4, 0.5) is 0 Å². The number of hydrogen-bond acceptors (Lipinski definition) is 3. The third-order valence-corrected chi connectivity index (χ3v) is 2.96. The summed E-state index contributed by atoms with van der Waals surface area (Å²) < 4.78 is 2.32. The molecule has 0 aliphatic heterocycles. The molecular formula is C8H16N4S. The maximum Gasteiger partial charge on any atom is 0.238 e. The van der Waals surface area contributed by atoms with E-state index in [1.807, 2.05) is 0 Å². The average molecular weight is 200 g/mol. The lowest BCUT2D eigenvalue weighted by Gasteiger charge is -2.28. The van der Waals surface area contributed by atoms with E-state index in [1.54, 1.807) is 4.68 Å². The Bertz CT molecular complexity index is 323. The minimum absolute atomic E-state index is 0.201. The van der Waals surface area contributed by atoms with Crippen LogP contribution in [0.25, 0.3) is 0 Å². The lowest BCUT2D eigenvalue weighted by Crippen LogP contribution is -2.26. The van der Waals surface area contributed by atoms with Crippen LogP contribution in [0.3, 0.4) is 0 Å². The van der Waals surface area contributed by atoms with Crippen molar-refractivity contribution in [3.8, 4) is 0 Å². The lowest BCUT2D eigenvalue weighted by molar-refractivity contribution is 0.198. The molecule has 0 aliphatic rings. The molecule has 0 bridgehead atoms. The largest absolute Gasteiger partial charge is 0.242 e. The van der Waals surface area contributed by atoms with Crippen LogP contribution in [0.2, 0.25) is 0 Å². The Morgan fingerprint density at radius 3 is 2.54 bits per heavy atom. The van der Waals surface area contributed by atoms with Gasteiger partial charge < -0.3 is 0 Å². The van der Waals surface area contributed by atoms with E-state index in [0.717, 1.165) is 6.54 Å². The number of rotatable bonds is 3. The summed E-state index contributed by atoms with van der Waals surface area (Å²) in [5, 5.41) is 10.1. The highest BCUT2D eigenvalue weighted by atomic mass is 32.1. The van der Waals surface area contributed by atoms with Crippen molar-refractivity contribution < 1.29 is 0 Å². The van der Waals surface area contributed by atoms with E-state index < -0.39 is 0 Å². The van der Waals surface area contributed by atoms with Gasteiger partial charge in [0.05, 0.1) is 0 Å². The van der Waals surface area contributed by atoms with Crippen LogP contribution in [0.5, 0.6) is 0 Å². The number of tetrazole rings is 1. The summed E-state index contributed by atoms with van der Waals surface area (Å²) in [5.74, 6) is 0.595. The highest BCUT2D eigenvalue weighted by Crippen LogP contribution is 2.27. The summed E-state index contributed by atoms with van der Waals surface area (Å²) in [6, 6.07) is 0. The van der Waals surface area contributed by atoms with Crippen LogP contribution in [0.15, 0.2) is 0 Å². The van der Waals surface area contributed by atoms with Gasteiger partial charge in [0.1, 0.15) is 0 Å². The van der Waals surface area contributed by atoms with Crippen LogP contribution < -0.4 is 0 Å². The topological polar surface area (TPSA) is 46.5 Å². The lowest BCUT2D eigenvalue weighted by atomic mass is 9.81. The molecule has 1 N–H and O–H groups in total. The number of aromatic nitrogens is 4. The van der Waals surface area contributed by atoms with Gasteiger partial charge in [-0.2, -0.15) is 5.21 Å². The van der Waals surface area contributed by atoms with Gasteiger partial charge in [-0.1, -0.05) is 38.0 Å². The van der Waals surface area contributed by atoms with Gasteiger partial charge >= 0.3 is 0 Å². The zero-order chi connectivity index (χ0) is 10.1. The van der Waals surface area contributed by atoms with Gasteiger partial charge in [0.25, 0.3) is 0 Å². The molecule has 13 heavy (non-hydrogen) atoms. The van der Waals surface area contributed by atoms with Gasteiger partial charge in [-0.25, -0.2) is 4.68 Å². The fraction of sp³-hybridized carbons (Fsp3) is 0.875. The molecule has 1 aromatic heterocycles. The van der Waals surface area contributed by atoms with Gasteiger partial charge in [0.2, 0.25) is 4.77 Å². The second-order valence-electron chi connectivity index (χ2n) is 4.31. The van der Waals surface area contributed by atoms with Crippen molar-refractivity contribution in [2.45, 2.75) is 34.2 Å². The Balaban J connectivity index is 2.80. The Morgan fingerprint density at radius 2 is 2.15 bits per heavy atom. The molecule has 74 valence electrons. The maximum atomic E-state index is 5.00. The average Bonchev–Trinajstić information content (AvgIpc) is 2.35. The molecule has 0 aromatic carbocycles. The van der Waals surface area contributed by atoms with Crippen LogP contribution in [0.1, 0.15) is 27.7 Å². The van der Waals surface area contributed by atoms with Crippen molar-refractivity contribution in [1.82, 2.24) is 20.2 Å². The highest BCUT2D eigenvalue weighted by molar-refractivity contribution is 7.71. The van der Waals surface area contributed by atoms with E-state index in [0.29, 0.717) is 10.7 Å². The first-order chi connectivity index (χ1) is 5.93. The first-order valence-electron chi connectivity index (χ1n) is 4.41. The van der Waals surface area contributed by atoms with Crippen LogP contribution in [-0.2, 0) is 6.54 Å². The Hall–Kier alpha value is -0.710. The summed E-state index contributed by atoms with van der Waals surface area (Å²) in [6.45, 7) is 9.65. The Labute approximate surface area is 83.3 Å². The van der Waals surface area contributed by atoms with Gasteiger partial charge in [0, 0.05) is 6.54 Å². The first-order valence-corrected chi connectivity index (χ1v) is 4.82. The van der Waals surface area contributed by atoms with Crippen LogP contribution >= 0.6 is 12.2 Å². The quantitative estimate of drug-likeness (QED) is 0.759. The van der Waals surface area contributed by atoms with Crippen LogP contribution in [-0.4, -0.2) is 20.2 Å². The Kier molecular flexibility index (Phi) is 2.85. The molecular weight excluding hydrogens is 184 g/mol. The predicted molar refractivity (Wildman–Crippen MR) is 53.8 cm³/mol. The smallest absolute Gasteiger partial charge is 0.238 e. The van der Waals surface area contributed by atoms with Crippen molar-refractivity contribution in [2.24, 2.45) is 11.3 Å². The molecule has 0 unspecified atom stereocenters. The molecule has 1 heterocycles. The molecule has 0 atom stereocenters. The van der Waals surface area contributed by atoms with Gasteiger partial charge in [-0.05, 0) is 23.6 Å². The molecule has 1 rings (SSSR count). The summed E-state index contributed by atoms with van der Waals surface area (Å²) in [6.07, 6.45) is 0. The fourth-order valence-corrected chi connectivity index (χ4v) is 1.06. The standard InChI is InChI=1S/C8H16N4S/c1-6(2)8(3,4)5-12-7(13)9-10-11-12/h6H,5H2,1-4H3,(H,9,11,13). The number of H-pyrrole nitrogens is 1. The van der Waals surface area contributed by atoms with Crippen molar-refractivity contribution >= 4 is 12.2 Å². The maximum absolute atomic E-state index is 5.00. The Morgan fingerprint density at radius 1 is 1.54 bits per heavy atom. The number of aromatic amines is 1. The van der Waals surface area contributed by atoms with Crippen molar-refractivity contribution in [3.63, 3.8) is 0 Å². The van der Waals surface area contributed by atoms with E-state index in [2.05, 4.69) is 43.2 Å². The van der Waals surface area contributed by atoms with Gasteiger partial charge in [-0.3, -0.25) is 0 Å². The van der Waals surface area contributed by atoms with Gasteiger partial charge in [0.15, 0.2) is 0 Å². The van der Waals surface area contributed by atoms with E-state index in [9.17, 15) is 0 Å². The van der Waals surface area contributed by atoms with Crippen LogP contribution in [0, 0.1) is 16.1 Å². The SMILES string of the molecule is CC(C)C(C)(C)Cn1[nH]nnc1=S. The summed E-state index contributed by atoms with van der Waals surface area (Å²) in [4.78, 5) is 0. The molecule has 0 spiro atoms. The minimum atomic E-state index is 0.201. The highest BCUT2D eigenvalue weighted by Gasteiger charge is 2.23. The molecule has 4 nitrogen and oxygen atoms in total. The molecule has 0 amide bonds. The second kappa shape index (κ2) is 3.57. The monoisotopic (exact) mass is 200 g/mol. The summed E-state index contributed by atoms with van der Waals surface area (Å²) in [7, 11) is 0. The van der Waals surface area contributed by atoms with E-state index in [-0.39, 0.29) is 5.41 Å². The van der Waals surface area contributed by atoms with Crippen molar-refractivity contribution in [2.75, 3.05) is 0 Å². The van der Waals surface area contributed by atoms with E-state index in [4.69, 9.17) is 12.2 Å². The minimum Gasteiger partial charge on any atom is -0.242 e. The molecule has 1 aromatic rings.